The summed E-state index contributed by atoms with van der Waals surface area (Å²) in [6.45, 7) is 0. The van der Waals surface area contributed by atoms with Crippen LogP contribution in [0.3, 0.4) is 0 Å². The van der Waals surface area contributed by atoms with Crippen LogP contribution < -0.4 is 5.32 Å². The van der Waals surface area contributed by atoms with Gasteiger partial charge in [-0.05, 0) is 46.7 Å². The lowest BCUT2D eigenvalue weighted by molar-refractivity contribution is -0.115. The third-order valence-electron chi connectivity index (χ3n) is 4.14. The van der Waals surface area contributed by atoms with Crippen molar-refractivity contribution in [2.75, 3.05) is 11.1 Å². The van der Waals surface area contributed by atoms with Gasteiger partial charge in [-0.25, -0.2) is 0 Å². The van der Waals surface area contributed by atoms with Gasteiger partial charge in [-0.3, -0.25) is 9.59 Å². The standard InChI is InChI=1S/C20H15NO2S/c22-19(15-6-8-18-16(9-15)11-20(23)21-18)12-24-17-7-5-13-3-1-2-4-14(13)10-17/h1-10H,11-12H2,(H,21,23). The van der Waals surface area contributed by atoms with Crippen LogP contribution in [0.4, 0.5) is 5.69 Å². The van der Waals surface area contributed by atoms with Crippen LogP contribution in [0.5, 0.6) is 0 Å². The summed E-state index contributed by atoms with van der Waals surface area (Å²) in [5, 5.41) is 5.16. The summed E-state index contributed by atoms with van der Waals surface area (Å²) in [4.78, 5) is 24.9. The van der Waals surface area contributed by atoms with Crippen LogP contribution in [0, 0.1) is 0 Å². The Labute approximate surface area is 144 Å². The first-order valence-electron chi connectivity index (χ1n) is 7.77. The maximum Gasteiger partial charge on any atom is 0.228 e. The molecule has 4 rings (SSSR count). The Bertz CT molecular complexity index is 965. The SMILES string of the molecule is O=C1Cc2cc(C(=O)CSc3ccc4ccccc4c3)ccc2N1. The minimum absolute atomic E-state index is 0.0138. The molecule has 3 aromatic carbocycles. The summed E-state index contributed by atoms with van der Waals surface area (Å²) >= 11 is 1.54. The molecule has 4 heteroatoms. The van der Waals surface area contributed by atoms with Gasteiger partial charge in [-0.15, -0.1) is 11.8 Å². The molecule has 118 valence electrons. The van der Waals surface area contributed by atoms with Crippen molar-refractivity contribution >= 4 is 39.9 Å². The Morgan fingerprint density at radius 1 is 1.00 bits per heavy atom. The number of amides is 1. The Morgan fingerprint density at radius 2 is 1.83 bits per heavy atom. The van der Waals surface area contributed by atoms with E-state index < -0.39 is 0 Å². The van der Waals surface area contributed by atoms with Gasteiger partial charge >= 0.3 is 0 Å². The van der Waals surface area contributed by atoms with Gasteiger partial charge in [-0.1, -0.05) is 30.3 Å². The van der Waals surface area contributed by atoms with E-state index in [0.29, 0.717) is 17.7 Å². The van der Waals surface area contributed by atoms with Crippen LogP contribution in [-0.4, -0.2) is 17.4 Å². The zero-order chi connectivity index (χ0) is 16.5. The highest BCUT2D eigenvalue weighted by Crippen LogP contribution is 2.27. The number of hydrogen-bond donors (Lipinski definition) is 1. The van der Waals surface area contributed by atoms with Gasteiger partial charge in [0.2, 0.25) is 5.91 Å². The second-order valence-electron chi connectivity index (χ2n) is 5.82. The Balaban J connectivity index is 1.48. The molecule has 3 aromatic rings. The van der Waals surface area contributed by atoms with Gasteiger partial charge in [0.05, 0.1) is 12.2 Å². The fourth-order valence-corrected chi connectivity index (χ4v) is 3.73. The van der Waals surface area contributed by atoms with E-state index in [9.17, 15) is 9.59 Å². The molecule has 1 aliphatic rings. The van der Waals surface area contributed by atoms with Gasteiger partial charge in [0.25, 0.3) is 0 Å². The van der Waals surface area contributed by atoms with E-state index in [0.717, 1.165) is 16.1 Å². The number of ketones is 1. The van der Waals surface area contributed by atoms with E-state index in [4.69, 9.17) is 0 Å². The molecule has 0 aliphatic carbocycles. The smallest absolute Gasteiger partial charge is 0.228 e. The van der Waals surface area contributed by atoms with Crippen molar-refractivity contribution in [3.63, 3.8) is 0 Å². The molecule has 0 atom stereocenters. The minimum Gasteiger partial charge on any atom is -0.326 e. The number of benzene rings is 3. The third-order valence-corrected chi connectivity index (χ3v) is 5.14. The normalized spacial score (nSPS) is 12.9. The van der Waals surface area contributed by atoms with Crippen LogP contribution in [0.15, 0.2) is 65.6 Å². The first-order chi connectivity index (χ1) is 11.7. The number of nitrogens with one attached hydrogen (secondary N) is 1. The zero-order valence-electron chi connectivity index (χ0n) is 12.9. The van der Waals surface area contributed by atoms with Crippen LogP contribution in [-0.2, 0) is 11.2 Å². The van der Waals surface area contributed by atoms with Crippen molar-refractivity contribution in [2.45, 2.75) is 11.3 Å². The summed E-state index contributed by atoms with van der Waals surface area (Å²) < 4.78 is 0. The number of rotatable bonds is 4. The lowest BCUT2D eigenvalue weighted by atomic mass is 10.1. The molecule has 0 aromatic heterocycles. The first kappa shape index (κ1) is 15.0. The molecular weight excluding hydrogens is 318 g/mol. The Hall–Kier alpha value is -2.59. The van der Waals surface area contributed by atoms with E-state index in [1.54, 1.807) is 6.07 Å². The van der Waals surface area contributed by atoms with Gasteiger partial charge in [0.1, 0.15) is 0 Å². The number of anilines is 1. The number of Topliss-reactive ketones (excluding diaryl/α,β-unsaturated/α-hetero) is 1. The van der Waals surface area contributed by atoms with Gasteiger partial charge in [-0.2, -0.15) is 0 Å². The fourth-order valence-electron chi connectivity index (χ4n) is 2.89. The van der Waals surface area contributed by atoms with Crippen LogP contribution in [0.2, 0.25) is 0 Å². The molecule has 3 nitrogen and oxygen atoms in total. The lowest BCUT2D eigenvalue weighted by Crippen LogP contribution is -2.03. The summed E-state index contributed by atoms with van der Waals surface area (Å²) in [6.07, 6.45) is 0.355. The molecule has 0 saturated carbocycles. The molecule has 1 aliphatic heterocycles. The topological polar surface area (TPSA) is 46.2 Å². The molecule has 1 N–H and O–H groups in total. The molecule has 24 heavy (non-hydrogen) atoms. The van der Waals surface area contributed by atoms with Crippen LogP contribution in [0.1, 0.15) is 15.9 Å². The first-order valence-corrected chi connectivity index (χ1v) is 8.75. The van der Waals surface area contributed by atoms with Gasteiger partial charge in [0.15, 0.2) is 5.78 Å². The molecule has 0 bridgehead atoms. The number of carbonyl (C=O) groups excluding carboxylic acids is 2. The van der Waals surface area contributed by atoms with Crippen molar-refractivity contribution in [3.8, 4) is 0 Å². The molecule has 1 amide bonds. The van der Waals surface area contributed by atoms with E-state index in [1.165, 1.54) is 22.5 Å². The van der Waals surface area contributed by atoms with Crippen molar-refractivity contribution < 1.29 is 9.59 Å². The maximum absolute atomic E-state index is 12.4. The van der Waals surface area contributed by atoms with E-state index in [-0.39, 0.29) is 11.7 Å². The van der Waals surface area contributed by atoms with Crippen molar-refractivity contribution in [3.05, 3.63) is 71.8 Å². The summed E-state index contributed by atoms with van der Waals surface area (Å²) in [5.74, 6) is 0.453. The minimum atomic E-state index is -0.0138. The van der Waals surface area contributed by atoms with Gasteiger partial charge < -0.3 is 5.32 Å². The molecule has 0 saturated heterocycles. The molecular formula is C20H15NO2S. The molecule has 0 fully saturated rings. The number of thioether (sulfide) groups is 1. The fraction of sp³-hybridized carbons (Fsp3) is 0.100. The van der Waals surface area contributed by atoms with Crippen molar-refractivity contribution in [1.82, 2.24) is 0 Å². The highest BCUT2D eigenvalue weighted by molar-refractivity contribution is 8.00. The predicted octanol–water partition coefficient (Wildman–Crippen LogP) is 4.31. The second-order valence-corrected chi connectivity index (χ2v) is 6.87. The quantitative estimate of drug-likeness (QED) is 0.572. The number of carbonyl (C=O) groups is 2. The third kappa shape index (κ3) is 2.93. The highest BCUT2D eigenvalue weighted by atomic mass is 32.2. The molecule has 0 spiro atoms. The molecule has 1 heterocycles. The summed E-state index contributed by atoms with van der Waals surface area (Å²) in [5.41, 5.74) is 2.39. The van der Waals surface area contributed by atoms with E-state index in [1.807, 2.05) is 30.3 Å². The molecule has 0 radical (unpaired) electrons. The monoisotopic (exact) mass is 333 g/mol. The van der Waals surface area contributed by atoms with Gasteiger partial charge in [0, 0.05) is 16.1 Å². The summed E-state index contributed by atoms with van der Waals surface area (Å²) in [6, 6.07) is 19.9. The Morgan fingerprint density at radius 3 is 2.71 bits per heavy atom. The van der Waals surface area contributed by atoms with E-state index in [2.05, 4.69) is 29.6 Å². The number of fused-ring (bicyclic) bond motifs is 2. The molecule has 0 unspecified atom stereocenters. The summed E-state index contributed by atoms with van der Waals surface area (Å²) in [7, 11) is 0. The van der Waals surface area contributed by atoms with Crippen molar-refractivity contribution in [2.24, 2.45) is 0 Å². The van der Waals surface area contributed by atoms with Crippen LogP contribution in [0.25, 0.3) is 10.8 Å². The Kier molecular flexibility index (Phi) is 3.82. The maximum atomic E-state index is 12.4. The zero-order valence-corrected chi connectivity index (χ0v) is 13.7. The second kappa shape index (κ2) is 6.13. The average Bonchev–Trinajstić information content (AvgIpc) is 2.98. The van der Waals surface area contributed by atoms with E-state index >= 15 is 0 Å². The predicted molar refractivity (Wildman–Crippen MR) is 97.8 cm³/mol. The largest absolute Gasteiger partial charge is 0.326 e. The lowest BCUT2D eigenvalue weighted by Gasteiger charge is -2.05. The highest BCUT2D eigenvalue weighted by Gasteiger charge is 2.19. The van der Waals surface area contributed by atoms with Crippen molar-refractivity contribution in [1.29, 1.82) is 0 Å². The van der Waals surface area contributed by atoms with Crippen LogP contribution >= 0.6 is 11.8 Å². The average molecular weight is 333 g/mol. The number of hydrogen-bond acceptors (Lipinski definition) is 3.